The molecule has 20 heavy (non-hydrogen) atoms. The van der Waals surface area contributed by atoms with Gasteiger partial charge in [-0.1, -0.05) is 13.8 Å². The van der Waals surface area contributed by atoms with Gasteiger partial charge in [0.25, 0.3) is 0 Å². The zero-order valence-corrected chi connectivity index (χ0v) is 12.9. The van der Waals surface area contributed by atoms with E-state index in [1.165, 1.54) is 19.3 Å². The van der Waals surface area contributed by atoms with E-state index in [9.17, 15) is 0 Å². The fraction of sp³-hybridized carbons (Fsp3) is 0.733. The Labute approximate surface area is 121 Å². The first-order valence-corrected chi connectivity index (χ1v) is 7.55. The number of aromatic nitrogens is 2. The number of anilines is 2. The largest absolute Gasteiger partial charge is 0.490 e. The van der Waals surface area contributed by atoms with E-state index < -0.39 is 0 Å². The van der Waals surface area contributed by atoms with Gasteiger partial charge in [0, 0.05) is 12.6 Å². The van der Waals surface area contributed by atoms with Crippen molar-refractivity contribution in [3.63, 3.8) is 0 Å². The SMILES string of the molecule is CCNc1ncnc(NC2CCC(C)C(C)C2)c1OC. The van der Waals surface area contributed by atoms with Crippen molar-refractivity contribution in [1.29, 1.82) is 0 Å². The molecule has 0 bridgehead atoms. The number of ether oxygens (including phenoxy) is 1. The van der Waals surface area contributed by atoms with Gasteiger partial charge in [-0.3, -0.25) is 0 Å². The molecule has 1 saturated carbocycles. The zero-order chi connectivity index (χ0) is 14.5. The van der Waals surface area contributed by atoms with Crippen molar-refractivity contribution in [2.45, 2.75) is 46.1 Å². The van der Waals surface area contributed by atoms with Crippen molar-refractivity contribution in [2.24, 2.45) is 11.8 Å². The monoisotopic (exact) mass is 278 g/mol. The maximum atomic E-state index is 5.47. The minimum Gasteiger partial charge on any atom is -0.490 e. The maximum absolute atomic E-state index is 5.47. The van der Waals surface area contributed by atoms with Crippen LogP contribution in [0.3, 0.4) is 0 Å². The fourth-order valence-corrected chi connectivity index (χ4v) is 2.84. The van der Waals surface area contributed by atoms with Crippen molar-refractivity contribution in [3.05, 3.63) is 6.33 Å². The van der Waals surface area contributed by atoms with Crippen LogP contribution in [-0.2, 0) is 0 Å². The van der Waals surface area contributed by atoms with E-state index in [4.69, 9.17) is 4.74 Å². The summed E-state index contributed by atoms with van der Waals surface area (Å²) in [6.45, 7) is 7.53. The highest BCUT2D eigenvalue weighted by atomic mass is 16.5. The van der Waals surface area contributed by atoms with Crippen LogP contribution in [0.1, 0.15) is 40.0 Å². The Balaban J connectivity index is 2.10. The van der Waals surface area contributed by atoms with E-state index in [1.807, 2.05) is 6.92 Å². The molecule has 1 aromatic heterocycles. The van der Waals surface area contributed by atoms with Gasteiger partial charge in [-0.15, -0.1) is 0 Å². The molecule has 2 N–H and O–H groups in total. The van der Waals surface area contributed by atoms with E-state index in [1.54, 1.807) is 13.4 Å². The summed E-state index contributed by atoms with van der Waals surface area (Å²) in [6.07, 6.45) is 5.23. The maximum Gasteiger partial charge on any atom is 0.204 e. The molecule has 1 aliphatic rings. The van der Waals surface area contributed by atoms with Gasteiger partial charge in [-0.05, 0) is 38.0 Å². The second-order valence-corrected chi connectivity index (χ2v) is 5.74. The second-order valence-electron chi connectivity index (χ2n) is 5.74. The van der Waals surface area contributed by atoms with E-state index in [2.05, 4.69) is 34.4 Å². The van der Waals surface area contributed by atoms with Gasteiger partial charge in [0.05, 0.1) is 7.11 Å². The number of hydrogen-bond donors (Lipinski definition) is 2. The predicted molar refractivity (Wildman–Crippen MR) is 82.3 cm³/mol. The summed E-state index contributed by atoms with van der Waals surface area (Å²) in [5.74, 6) is 3.83. The summed E-state index contributed by atoms with van der Waals surface area (Å²) in [5, 5.41) is 6.74. The smallest absolute Gasteiger partial charge is 0.204 e. The normalized spacial score (nSPS) is 26.1. The van der Waals surface area contributed by atoms with Crippen molar-refractivity contribution < 1.29 is 4.74 Å². The topological polar surface area (TPSA) is 59.1 Å². The van der Waals surface area contributed by atoms with Crippen molar-refractivity contribution in [2.75, 3.05) is 24.3 Å². The molecule has 1 aliphatic carbocycles. The van der Waals surface area contributed by atoms with Crippen LogP contribution in [0, 0.1) is 11.8 Å². The van der Waals surface area contributed by atoms with E-state index in [-0.39, 0.29) is 0 Å². The Morgan fingerprint density at radius 3 is 2.60 bits per heavy atom. The molecule has 0 amide bonds. The first kappa shape index (κ1) is 14.9. The van der Waals surface area contributed by atoms with Gasteiger partial charge >= 0.3 is 0 Å². The minimum atomic E-state index is 0.472. The molecule has 5 nitrogen and oxygen atoms in total. The number of rotatable bonds is 5. The summed E-state index contributed by atoms with van der Waals surface area (Å²) in [6, 6.07) is 0.472. The van der Waals surface area contributed by atoms with Crippen LogP contribution in [0.5, 0.6) is 5.75 Å². The third-order valence-electron chi connectivity index (χ3n) is 4.29. The minimum absolute atomic E-state index is 0.472. The Hall–Kier alpha value is -1.52. The van der Waals surface area contributed by atoms with Crippen molar-refractivity contribution in [3.8, 4) is 5.75 Å². The standard InChI is InChI=1S/C15H26N4O/c1-5-16-14-13(20-4)15(18-9-17-14)19-12-7-6-10(2)11(3)8-12/h9-12H,5-8H2,1-4H3,(H2,16,17,18,19). The van der Waals surface area contributed by atoms with Crippen LogP contribution < -0.4 is 15.4 Å². The lowest BCUT2D eigenvalue weighted by molar-refractivity contribution is 0.260. The van der Waals surface area contributed by atoms with E-state index >= 15 is 0 Å². The highest BCUT2D eigenvalue weighted by molar-refractivity contribution is 5.63. The highest BCUT2D eigenvalue weighted by Gasteiger charge is 2.25. The number of nitrogens with zero attached hydrogens (tertiary/aromatic N) is 2. The third kappa shape index (κ3) is 3.32. The lowest BCUT2D eigenvalue weighted by Gasteiger charge is -2.33. The van der Waals surface area contributed by atoms with Gasteiger partial charge in [-0.25, -0.2) is 9.97 Å². The molecule has 2 rings (SSSR count). The van der Waals surface area contributed by atoms with E-state index in [0.29, 0.717) is 11.8 Å². The predicted octanol–water partition coefficient (Wildman–Crippen LogP) is 3.15. The summed E-state index contributed by atoms with van der Waals surface area (Å²) >= 11 is 0. The van der Waals surface area contributed by atoms with Crippen LogP contribution in [0.2, 0.25) is 0 Å². The second kappa shape index (κ2) is 6.77. The highest BCUT2D eigenvalue weighted by Crippen LogP contribution is 2.34. The van der Waals surface area contributed by atoms with E-state index in [0.717, 1.165) is 30.0 Å². The van der Waals surface area contributed by atoms with Crippen LogP contribution >= 0.6 is 0 Å². The van der Waals surface area contributed by atoms with Crippen LogP contribution in [-0.4, -0.2) is 29.7 Å². The number of nitrogens with one attached hydrogen (secondary N) is 2. The lowest BCUT2D eigenvalue weighted by Crippen LogP contribution is -2.30. The molecule has 3 unspecified atom stereocenters. The Morgan fingerprint density at radius 2 is 1.95 bits per heavy atom. The van der Waals surface area contributed by atoms with Gasteiger partial charge < -0.3 is 15.4 Å². The van der Waals surface area contributed by atoms with Gasteiger partial charge in [0.15, 0.2) is 11.6 Å². The summed E-state index contributed by atoms with van der Waals surface area (Å²) < 4.78 is 5.47. The van der Waals surface area contributed by atoms with Crippen LogP contribution in [0.4, 0.5) is 11.6 Å². The summed E-state index contributed by atoms with van der Waals surface area (Å²) in [7, 11) is 1.66. The van der Waals surface area contributed by atoms with Gasteiger partial charge in [-0.2, -0.15) is 0 Å². The summed E-state index contributed by atoms with van der Waals surface area (Å²) in [4.78, 5) is 8.58. The molecule has 0 radical (unpaired) electrons. The molecular formula is C15H26N4O. The Kier molecular flexibility index (Phi) is 5.04. The van der Waals surface area contributed by atoms with Gasteiger partial charge in [0.1, 0.15) is 6.33 Å². The Bertz CT molecular complexity index is 438. The average Bonchev–Trinajstić information content (AvgIpc) is 2.44. The number of methoxy groups -OCH3 is 1. The van der Waals surface area contributed by atoms with Gasteiger partial charge in [0.2, 0.25) is 5.75 Å². The van der Waals surface area contributed by atoms with Crippen molar-refractivity contribution in [1.82, 2.24) is 9.97 Å². The molecular weight excluding hydrogens is 252 g/mol. The molecule has 5 heteroatoms. The fourth-order valence-electron chi connectivity index (χ4n) is 2.84. The summed E-state index contributed by atoms with van der Waals surface area (Å²) in [5.41, 5.74) is 0. The molecule has 1 fully saturated rings. The first-order valence-electron chi connectivity index (χ1n) is 7.55. The zero-order valence-electron chi connectivity index (χ0n) is 12.9. The molecule has 0 aliphatic heterocycles. The number of hydrogen-bond acceptors (Lipinski definition) is 5. The molecule has 112 valence electrons. The molecule has 0 saturated heterocycles. The van der Waals surface area contributed by atoms with Crippen molar-refractivity contribution >= 4 is 11.6 Å². The quantitative estimate of drug-likeness (QED) is 0.866. The van der Waals surface area contributed by atoms with Crippen LogP contribution in [0.15, 0.2) is 6.33 Å². The first-order chi connectivity index (χ1) is 9.65. The molecule has 1 heterocycles. The Morgan fingerprint density at radius 1 is 1.20 bits per heavy atom. The molecule has 3 atom stereocenters. The average molecular weight is 278 g/mol. The van der Waals surface area contributed by atoms with Crippen LogP contribution in [0.25, 0.3) is 0 Å². The molecule has 0 aromatic carbocycles. The molecule has 0 spiro atoms. The molecule has 1 aromatic rings. The lowest BCUT2D eigenvalue weighted by atomic mass is 9.79. The third-order valence-corrected chi connectivity index (χ3v) is 4.29.